The monoisotopic (exact) mass is 795 g/mol. The lowest BCUT2D eigenvalue weighted by atomic mass is 9.94. The van der Waals surface area contributed by atoms with Crippen molar-refractivity contribution < 1.29 is 4.42 Å². The van der Waals surface area contributed by atoms with Gasteiger partial charge in [-0.05, 0) is 116 Å². The third-order valence-corrected chi connectivity index (χ3v) is 13.2. The van der Waals surface area contributed by atoms with Crippen molar-refractivity contribution in [3.63, 3.8) is 0 Å². The summed E-state index contributed by atoms with van der Waals surface area (Å²) in [5.74, 6) is 0. The van der Waals surface area contributed by atoms with E-state index in [-0.39, 0.29) is 0 Å². The highest BCUT2D eigenvalue weighted by molar-refractivity contribution is 7.25. The third kappa shape index (κ3) is 6.18. The van der Waals surface area contributed by atoms with Gasteiger partial charge in [-0.1, -0.05) is 158 Å². The van der Waals surface area contributed by atoms with E-state index in [4.69, 9.17) is 4.42 Å². The summed E-state index contributed by atoms with van der Waals surface area (Å²) in [4.78, 5) is 2.40. The van der Waals surface area contributed by atoms with Gasteiger partial charge < -0.3 is 9.32 Å². The highest BCUT2D eigenvalue weighted by Crippen LogP contribution is 2.44. The van der Waals surface area contributed by atoms with Crippen LogP contribution in [0.15, 0.2) is 229 Å². The number of para-hydroxylation sites is 2. The van der Waals surface area contributed by atoms with Gasteiger partial charge in [-0.25, -0.2) is 0 Å². The molecule has 0 spiro atoms. The Morgan fingerprint density at radius 3 is 1.69 bits per heavy atom. The van der Waals surface area contributed by atoms with E-state index in [0.717, 1.165) is 61.3 Å². The first-order chi connectivity index (χ1) is 30.2. The molecule has 286 valence electrons. The predicted molar refractivity (Wildman–Crippen MR) is 261 cm³/mol. The molecule has 0 radical (unpaired) electrons. The van der Waals surface area contributed by atoms with E-state index in [1.807, 2.05) is 23.5 Å². The first-order valence-electron chi connectivity index (χ1n) is 20.7. The lowest BCUT2D eigenvalue weighted by molar-refractivity contribution is 0.669. The van der Waals surface area contributed by atoms with Gasteiger partial charge in [0.1, 0.15) is 11.2 Å². The minimum Gasteiger partial charge on any atom is -0.456 e. The number of thiophene rings is 1. The molecule has 0 bridgehead atoms. The van der Waals surface area contributed by atoms with Gasteiger partial charge in [0.05, 0.1) is 5.69 Å². The van der Waals surface area contributed by atoms with Crippen LogP contribution >= 0.6 is 11.3 Å². The summed E-state index contributed by atoms with van der Waals surface area (Å²) in [7, 11) is 0. The van der Waals surface area contributed by atoms with Crippen LogP contribution in [0.25, 0.3) is 97.4 Å². The second kappa shape index (κ2) is 14.5. The lowest BCUT2D eigenvalue weighted by Crippen LogP contribution is -2.11. The summed E-state index contributed by atoms with van der Waals surface area (Å²) in [6, 6.07) is 81.3. The summed E-state index contributed by atoms with van der Waals surface area (Å²) in [6.45, 7) is 0. The number of nitrogens with zero attached hydrogens (tertiary/aromatic N) is 1. The fourth-order valence-corrected chi connectivity index (χ4v) is 10.2. The molecule has 12 aromatic rings. The van der Waals surface area contributed by atoms with Crippen LogP contribution in [0.3, 0.4) is 0 Å². The summed E-state index contributed by atoms with van der Waals surface area (Å²) >= 11 is 1.86. The molecule has 10 aromatic carbocycles. The molecule has 12 rings (SSSR count). The van der Waals surface area contributed by atoms with E-state index in [1.165, 1.54) is 53.2 Å². The van der Waals surface area contributed by atoms with E-state index in [2.05, 4.69) is 217 Å². The van der Waals surface area contributed by atoms with Gasteiger partial charge in [-0.3, -0.25) is 0 Å². The molecule has 0 N–H and O–H groups in total. The molecule has 2 heterocycles. The number of fused-ring (bicyclic) bond motifs is 7. The molecule has 0 fully saturated rings. The Morgan fingerprint density at radius 2 is 0.869 bits per heavy atom. The van der Waals surface area contributed by atoms with Crippen molar-refractivity contribution >= 4 is 81.3 Å². The van der Waals surface area contributed by atoms with E-state index in [0.29, 0.717) is 0 Å². The largest absolute Gasteiger partial charge is 0.456 e. The SMILES string of the molecule is c1cc(-c2ccccc2N(c2ccc(-c3ccc4c(c3)sc3ccccc34)cc2)c2ccc(-c3ccc4oc5ccccc5c4c3)cc2)cc(-c2cccc3ccccc23)c1. The smallest absolute Gasteiger partial charge is 0.135 e. The quantitative estimate of drug-likeness (QED) is 0.160. The average Bonchev–Trinajstić information content (AvgIpc) is 3.90. The second-order valence-electron chi connectivity index (χ2n) is 15.7. The van der Waals surface area contributed by atoms with E-state index < -0.39 is 0 Å². The van der Waals surface area contributed by atoms with Gasteiger partial charge in [0.25, 0.3) is 0 Å². The van der Waals surface area contributed by atoms with Crippen LogP contribution in [0.1, 0.15) is 0 Å². The zero-order valence-electron chi connectivity index (χ0n) is 33.1. The van der Waals surface area contributed by atoms with Gasteiger partial charge in [0.2, 0.25) is 0 Å². The molecule has 0 amide bonds. The molecule has 0 aliphatic rings. The van der Waals surface area contributed by atoms with E-state index >= 15 is 0 Å². The normalized spacial score (nSPS) is 11.6. The van der Waals surface area contributed by atoms with Crippen LogP contribution in [0.5, 0.6) is 0 Å². The van der Waals surface area contributed by atoms with Crippen LogP contribution in [0.2, 0.25) is 0 Å². The molecule has 0 unspecified atom stereocenters. The topological polar surface area (TPSA) is 16.4 Å². The number of furan rings is 1. The standard InChI is InChI=1S/C58H37NOS/c1-2-15-47-40(11-1)12-10-19-48(47)43-13-9-14-44(35-43)49-16-3-6-20-54(49)59(45-29-23-38(24-30-45)41-28-34-56-53(36-41)50-17-4-7-21-55(50)60-56)46-31-25-39(26-32-46)42-27-33-52-51-18-5-8-22-57(51)61-58(52)37-42/h1-37H. The Morgan fingerprint density at radius 1 is 0.311 bits per heavy atom. The minimum absolute atomic E-state index is 0.904. The Balaban J connectivity index is 0.966. The van der Waals surface area contributed by atoms with Crippen LogP contribution in [0.4, 0.5) is 17.1 Å². The zero-order chi connectivity index (χ0) is 40.3. The molecule has 61 heavy (non-hydrogen) atoms. The fraction of sp³-hybridized carbons (Fsp3) is 0. The van der Waals surface area contributed by atoms with Gasteiger partial charge >= 0.3 is 0 Å². The number of hydrogen-bond donors (Lipinski definition) is 0. The molecular formula is C58H37NOS. The van der Waals surface area contributed by atoms with Crippen molar-refractivity contribution in [1.82, 2.24) is 0 Å². The second-order valence-corrected chi connectivity index (χ2v) is 16.8. The average molecular weight is 796 g/mol. The number of benzene rings is 10. The number of rotatable bonds is 7. The Hall–Kier alpha value is -7.72. The summed E-state index contributed by atoms with van der Waals surface area (Å²) in [5, 5.41) is 7.40. The molecule has 0 saturated heterocycles. The lowest BCUT2D eigenvalue weighted by Gasteiger charge is -2.28. The maximum absolute atomic E-state index is 6.15. The summed E-state index contributed by atoms with van der Waals surface area (Å²) in [5.41, 5.74) is 14.6. The Labute approximate surface area is 357 Å². The molecule has 3 heteroatoms. The molecule has 0 aliphatic carbocycles. The van der Waals surface area contributed by atoms with Crippen molar-refractivity contribution in [3.05, 3.63) is 224 Å². The Bertz CT molecular complexity index is 3590. The van der Waals surface area contributed by atoms with Crippen molar-refractivity contribution in [3.8, 4) is 44.5 Å². The maximum Gasteiger partial charge on any atom is 0.135 e. The first kappa shape index (κ1) is 35.2. The molecule has 0 saturated carbocycles. The fourth-order valence-electron chi connectivity index (χ4n) is 9.09. The van der Waals surface area contributed by atoms with Gasteiger partial charge in [0.15, 0.2) is 0 Å². The molecule has 0 aliphatic heterocycles. The van der Waals surface area contributed by atoms with Crippen LogP contribution in [-0.2, 0) is 0 Å². The van der Waals surface area contributed by atoms with Gasteiger partial charge in [-0.2, -0.15) is 0 Å². The molecule has 0 atom stereocenters. The van der Waals surface area contributed by atoms with Crippen molar-refractivity contribution in [2.24, 2.45) is 0 Å². The first-order valence-corrected chi connectivity index (χ1v) is 21.5. The summed E-state index contributed by atoms with van der Waals surface area (Å²) in [6.07, 6.45) is 0. The van der Waals surface area contributed by atoms with Crippen LogP contribution in [0, 0.1) is 0 Å². The number of anilines is 3. The highest BCUT2D eigenvalue weighted by atomic mass is 32.1. The van der Waals surface area contributed by atoms with Gasteiger partial charge in [0, 0.05) is 47.9 Å². The van der Waals surface area contributed by atoms with Crippen LogP contribution in [-0.4, -0.2) is 0 Å². The van der Waals surface area contributed by atoms with Crippen molar-refractivity contribution in [2.75, 3.05) is 4.90 Å². The maximum atomic E-state index is 6.15. The minimum atomic E-state index is 0.904. The van der Waals surface area contributed by atoms with Gasteiger partial charge in [-0.15, -0.1) is 11.3 Å². The third-order valence-electron chi connectivity index (χ3n) is 12.1. The Kier molecular flexibility index (Phi) is 8.39. The molecular weight excluding hydrogens is 759 g/mol. The molecule has 2 aromatic heterocycles. The van der Waals surface area contributed by atoms with E-state index in [9.17, 15) is 0 Å². The predicted octanol–water partition coefficient (Wildman–Crippen LogP) is 17.2. The van der Waals surface area contributed by atoms with Crippen LogP contribution < -0.4 is 4.90 Å². The zero-order valence-corrected chi connectivity index (χ0v) is 33.9. The van der Waals surface area contributed by atoms with Crippen molar-refractivity contribution in [1.29, 1.82) is 0 Å². The highest BCUT2D eigenvalue weighted by Gasteiger charge is 2.19. The summed E-state index contributed by atoms with van der Waals surface area (Å²) < 4.78 is 8.78. The van der Waals surface area contributed by atoms with E-state index in [1.54, 1.807) is 0 Å². The molecule has 2 nitrogen and oxygen atoms in total. The number of hydrogen-bond acceptors (Lipinski definition) is 3. The van der Waals surface area contributed by atoms with Crippen molar-refractivity contribution in [2.45, 2.75) is 0 Å².